The lowest BCUT2D eigenvalue weighted by Crippen LogP contribution is -2.06. The van der Waals surface area contributed by atoms with Crippen molar-refractivity contribution in [3.8, 4) is 5.75 Å². The Bertz CT molecular complexity index is 355. The standard InChI is InChI=1S/C15H24O/c1-6-10(3)12(5)14-8-11(4)13(7-2)9-15(14)16/h8-10,12,16H,6-7H2,1-5H3. The van der Waals surface area contributed by atoms with E-state index in [1.165, 1.54) is 11.1 Å². The zero-order valence-electron chi connectivity index (χ0n) is 11.2. The average molecular weight is 220 g/mol. The number of phenolic OH excluding ortho intramolecular Hbond substituents is 1. The average Bonchev–Trinajstić information content (AvgIpc) is 2.29. The van der Waals surface area contributed by atoms with Gasteiger partial charge in [0.25, 0.3) is 0 Å². The van der Waals surface area contributed by atoms with Crippen molar-refractivity contribution >= 4 is 0 Å². The van der Waals surface area contributed by atoms with Gasteiger partial charge in [0.2, 0.25) is 0 Å². The molecule has 0 aliphatic carbocycles. The molecular formula is C15H24O. The highest BCUT2D eigenvalue weighted by Gasteiger charge is 2.17. The molecule has 1 N–H and O–H groups in total. The van der Waals surface area contributed by atoms with E-state index in [0.29, 0.717) is 17.6 Å². The summed E-state index contributed by atoms with van der Waals surface area (Å²) in [5.74, 6) is 1.50. The molecule has 0 amide bonds. The van der Waals surface area contributed by atoms with E-state index in [1.54, 1.807) is 0 Å². The highest BCUT2D eigenvalue weighted by Crippen LogP contribution is 2.34. The van der Waals surface area contributed by atoms with Crippen LogP contribution in [0.25, 0.3) is 0 Å². The maximum Gasteiger partial charge on any atom is 0.119 e. The molecule has 0 bridgehead atoms. The van der Waals surface area contributed by atoms with Crippen molar-refractivity contribution in [3.05, 3.63) is 28.8 Å². The summed E-state index contributed by atoms with van der Waals surface area (Å²) in [7, 11) is 0. The van der Waals surface area contributed by atoms with Crippen LogP contribution < -0.4 is 0 Å². The highest BCUT2D eigenvalue weighted by molar-refractivity contribution is 5.43. The van der Waals surface area contributed by atoms with Gasteiger partial charge in [-0.1, -0.05) is 40.2 Å². The SMILES string of the molecule is CCc1cc(O)c(C(C)C(C)CC)cc1C. The first-order valence-corrected chi connectivity index (χ1v) is 6.33. The number of hydrogen-bond donors (Lipinski definition) is 1. The summed E-state index contributed by atoms with van der Waals surface area (Å²) < 4.78 is 0. The molecule has 2 unspecified atom stereocenters. The van der Waals surface area contributed by atoms with Crippen LogP contribution in [0.1, 0.15) is 56.7 Å². The predicted octanol–water partition coefficient (Wildman–Crippen LogP) is 4.41. The van der Waals surface area contributed by atoms with Crippen molar-refractivity contribution in [3.63, 3.8) is 0 Å². The largest absolute Gasteiger partial charge is 0.508 e. The second-order valence-corrected chi connectivity index (χ2v) is 4.87. The fraction of sp³-hybridized carbons (Fsp3) is 0.600. The van der Waals surface area contributed by atoms with Gasteiger partial charge in [0, 0.05) is 0 Å². The second kappa shape index (κ2) is 5.38. The summed E-state index contributed by atoms with van der Waals surface area (Å²) in [5.41, 5.74) is 3.65. The smallest absolute Gasteiger partial charge is 0.119 e. The summed E-state index contributed by atoms with van der Waals surface area (Å²) >= 11 is 0. The molecule has 0 saturated carbocycles. The van der Waals surface area contributed by atoms with Crippen LogP contribution in [-0.2, 0) is 6.42 Å². The minimum Gasteiger partial charge on any atom is -0.508 e. The molecule has 1 nitrogen and oxygen atoms in total. The van der Waals surface area contributed by atoms with Gasteiger partial charge in [0.15, 0.2) is 0 Å². The van der Waals surface area contributed by atoms with Gasteiger partial charge in [0.1, 0.15) is 5.75 Å². The van der Waals surface area contributed by atoms with Gasteiger partial charge < -0.3 is 5.11 Å². The van der Waals surface area contributed by atoms with E-state index in [1.807, 2.05) is 6.07 Å². The first-order chi connectivity index (χ1) is 7.51. The Morgan fingerprint density at radius 3 is 2.31 bits per heavy atom. The van der Waals surface area contributed by atoms with Gasteiger partial charge in [-0.05, 0) is 47.9 Å². The minimum atomic E-state index is 0.426. The molecule has 0 radical (unpaired) electrons. The van der Waals surface area contributed by atoms with Gasteiger partial charge in [-0.2, -0.15) is 0 Å². The summed E-state index contributed by atoms with van der Waals surface area (Å²) in [6, 6.07) is 4.09. The highest BCUT2D eigenvalue weighted by atomic mass is 16.3. The topological polar surface area (TPSA) is 20.2 Å². The third-order valence-corrected chi connectivity index (χ3v) is 3.85. The van der Waals surface area contributed by atoms with Crippen molar-refractivity contribution in [2.75, 3.05) is 0 Å². The lowest BCUT2D eigenvalue weighted by molar-refractivity contribution is 0.427. The third kappa shape index (κ3) is 2.58. The molecule has 0 aliphatic rings. The number of benzene rings is 1. The molecule has 0 spiro atoms. The molecule has 1 aromatic carbocycles. The second-order valence-electron chi connectivity index (χ2n) is 4.87. The Hall–Kier alpha value is -0.980. The lowest BCUT2D eigenvalue weighted by atomic mass is 9.85. The number of aromatic hydroxyl groups is 1. The van der Waals surface area contributed by atoms with Crippen LogP contribution in [0.15, 0.2) is 12.1 Å². The van der Waals surface area contributed by atoms with Gasteiger partial charge in [-0.3, -0.25) is 0 Å². The van der Waals surface area contributed by atoms with Crippen LogP contribution in [0, 0.1) is 12.8 Å². The van der Waals surface area contributed by atoms with E-state index >= 15 is 0 Å². The molecule has 2 atom stereocenters. The van der Waals surface area contributed by atoms with Crippen LogP contribution in [-0.4, -0.2) is 5.11 Å². The Balaban J connectivity index is 3.10. The molecule has 0 aliphatic heterocycles. The summed E-state index contributed by atoms with van der Waals surface area (Å²) in [5, 5.41) is 10.1. The maximum atomic E-state index is 10.1. The summed E-state index contributed by atoms with van der Waals surface area (Å²) in [4.78, 5) is 0. The van der Waals surface area contributed by atoms with Gasteiger partial charge in [-0.25, -0.2) is 0 Å². The molecule has 0 fully saturated rings. The molecule has 1 aromatic rings. The fourth-order valence-electron chi connectivity index (χ4n) is 2.17. The molecular weight excluding hydrogens is 196 g/mol. The Labute approximate surface area is 99.5 Å². The Morgan fingerprint density at radius 1 is 1.19 bits per heavy atom. The quantitative estimate of drug-likeness (QED) is 0.796. The van der Waals surface area contributed by atoms with E-state index in [9.17, 15) is 5.11 Å². The number of rotatable bonds is 4. The van der Waals surface area contributed by atoms with Gasteiger partial charge >= 0.3 is 0 Å². The lowest BCUT2D eigenvalue weighted by Gasteiger charge is -2.21. The first-order valence-electron chi connectivity index (χ1n) is 6.33. The number of hydrogen-bond acceptors (Lipinski definition) is 1. The van der Waals surface area contributed by atoms with E-state index in [0.717, 1.165) is 18.4 Å². The predicted molar refractivity (Wildman–Crippen MR) is 70.1 cm³/mol. The van der Waals surface area contributed by atoms with Crippen LogP contribution in [0.4, 0.5) is 0 Å². The number of aryl methyl sites for hydroxylation is 2. The van der Waals surface area contributed by atoms with E-state index in [2.05, 4.69) is 40.7 Å². The van der Waals surface area contributed by atoms with Gasteiger partial charge in [0.05, 0.1) is 0 Å². The zero-order valence-corrected chi connectivity index (χ0v) is 11.2. The first kappa shape index (κ1) is 13.1. The van der Waals surface area contributed by atoms with Crippen LogP contribution in [0.3, 0.4) is 0 Å². The van der Waals surface area contributed by atoms with Crippen molar-refractivity contribution in [1.82, 2.24) is 0 Å². The van der Waals surface area contributed by atoms with Crippen LogP contribution in [0.2, 0.25) is 0 Å². The van der Waals surface area contributed by atoms with Crippen LogP contribution in [0.5, 0.6) is 5.75 Å². The van der Waals surface area contributed by atoms with Crippen molar-refractivity contribution < 1.29 is 5.11 Å². The van der Waals surface area contributed by atoms with E-state index in [4.69, 9.17) is 0 Å². The molecule has 0 aromatic heterocycles. The zero-order chi connectivity index (χ0) is 12.3. The summed E-state index contributed by atoms with van der Waals surface area (Å²) in [6.07, 6.45) is 2.13. The van der Waals surface area contributed by atoms with Gasteiger partial charge in [-0.15, -0.1) is 0 Å². The molecule has 0 heterocycles. The Kier molecular flexibility index (Phi) is 4.40. The fourth-order valence-corrected chi connectivity index (χ4v) is 2.17. The molecule has 1 heteroatoms. The minimum absolute atomic E-state index is 0.426. The van der Waals surface area contributed by atoms with E-state index < -0.39 is 0 Å². The third-order valence-electron chi connectivity index (χ3n) is 3.85. The normalized spacial score (nSPS) is 14.8. The summed E-state index contributed by atoms with van der Waals surface area (Å²) in [6.45, 7) is 10.9. The number of phenols is 1. The Morgan fingerprint density at radius 2 is 1.81 bits per heavy atom. The van der Waals surface area contributed by atoms with Crippen molar-refractivity contribution in [1.29, 1.82) is 0 Å². The molecule has 90 valence electrons. The van der Waals surface area contributed by atoms with Crippen molar-refractivity contribution in [2.24, 2.45) is 5.92 Å². The molecule has 16 heavy (non-hydrogen) atoms. The molecule has 1 rings (SSSR count). The monoisotopic (exact) mass is 220 g/mol. The van der Waals surface area contributed by atoms with E-state index in [-0.39, 0.29) is 0 Å². The maximum absolute atomic E-state index is 10.1. The van der Waals surface area contributed by atoms with Crippen molar-refractivity contribution in [2.45, 2.75) is 53.4 Å². The molecule has 0 saturated heterocycles. The van der Waals surface area contributed by atoms with Crippen LogP contribution >= 0.6 is 0 Å².